The Kier molecular flexibility index (Phi) is 4.73. The maximum absolute atomic E-state index is 12.9. The van der Waals surface area contributed by atoms with Gasteiger partial charge in [-0.2, -0.15) is 0 Å². The first-order chi connectivity index (χ1) is 15.5. The number of carbonyl (C=O) groups excluding carboxylic acids is 1. The number of aryl methyl sites for hydroxylation is 1. The third kappa shape index (κ3) is 3.38. The van der Waals surface area contributed by atoms with E-state index in [9.17, 15) is 4.79 Å². The highest BCUT2D eigenvalue weighted by Gasteiger charge is 2.36. The van der Waals surface area contributed by atoms with Gasteiger partial charge in [-0.05, 0) is 56.0 Å². The van der Waals surface area contributed by atoms with Crippen LogP contribution in [0.1, 0.15) is 27.3 Å². The normalized spacial score (nSPS) is 24.3. The van der Waals surface area contributed by atoms with Crippen LogP contribution in [0, 0.1) is 12.8 Å². The number of nitrogens with one attached hydrogen (secondary N) is 2. The van der Waals surface area contributed by atoms with Crippen LogP contribution in [0.25, 0.3) is 10.2 Å². The van der Waals surface area contributed by atoms with Crippen molar-refractivity contribution in [1.82, 2.24) is 15.6 Å². The van der Waals surface area contributed by atoms with Gasteiger partial charge >= 0.3 is 0 Å². The summed E-state index contributed by atoms with van der Waals surface area (Å²) in [7, 11) is 0. The van der Waals surface area contributed by atoms with Crippen LogP contribution >= 0.6 is 11.3 Å². The Morgan fingerprint density at radius 3 is 3.09 bits per heavy atom. The molecule has 3 aromatic rings. The number of rotatable bonds is 3. The summed E-state index contributed by atoms with van der Waals surface area (Å²) in [4.78, 5) is 21.2. The molecule has 0 spiro atoms. The summed E-state index contributed by atoms with van der Waals surface area (Å²) in [6.45, 7) is 5.71. The Balaban J connectivity index is 1.15. The molecule has 2 aromatic heterocycles. The Bertz CT molecular complexity index is 1200. The molecule has 166 valence electrons. The minimum absolute atomic E-state index is 0.0875. The van der Waals surface area contributed by atoms with Crippen molar-refractivity contribution >= 4 is 38.8 Å². The summed E-state index contributed by atoms with van der Waals surface area (Å²) in [5.41, 5.74) is 10.0. The number of carbonyl (C=O) groups is 1. The van der Waals surface area contributed by atoms with Crippen LogP contribution in [0.3, 0.4) is 0 Å². The summed E-state index contributed by atoms with van der Waals surface area (Å²) < 4.78 is 6.07. The second-order valence-electron chi connectivity index (χ2n) is 9.14. The van der Waals surface area contributed by atoms with Gasteiger partial charge in [-0.1, -0.05) is 6.07 Å². The highest BCUT2D eigenvalue weighted by Crippen LogP contribution is 2.35. The summed E-state index contributed by atoms with van der Waals surface area (Å²) in [5.74, 6) is 1.53. The van der Waals surface area contributed by atoms with Crippen molar-refractivity contribution in [1.29, 1.82) is 0 Å². The van der Waals surface area contributed by atoms with Gasteiger partial charge in [0.05, 0.1) is 11.7 Å². The molecule has 1 amide bonds. The molecule has 6 rings (SSSR count). The lowest BCUT2D eigenvalue weighted by atomic mass is 10.0. The maximum atomic E-state index is 12.9. The van der Waals surface area contributed by atoms with Gasteiger partial charge in [-0.15, -0.1) is 11.3 Å². The van der Waals surface area contributed by atoms with Crippen molar-refractivity contribution in [3.8, 4) is 5.75 Å². The number of benzene rings is 1. The molecule has 2 fully saturated rings. The van der Waals surface area contributed by atoms with Crippen LogP contribution in [-0.4, -0.2) is 49.2 Å². The highest BCUT2D eigenvalue weighted by atomic mass is 32.1. The van der Waals surface area contributed by atoms with E-state index >= 15 is 0 Å². The van der Waals surface area contributed by atoms with E-state index in [2.05, 4.69) is 38.7 Å². The van der Waals surface area contributed by atoms with Crippen molar-refractivity contribution in [3.05, 3.63) is 46.5 Å². The average molecular weight is 450 g/mol. The lowest BCUT2D eigenvalue weighted by Crippen LogP contribution is -2.42. The van der Waals surface area contributed by atoms with E-state index in [1.807, 2.05) is 19.1 Å². The fourth-order valence-electron chi connectivity index (χ4n) is 5.22. The SMILES string of the molecule is Cc1ccc2c(N)c(C(=O)N[C@H]3COc4cc(N5C[C@@H]6CCN[C@@H]6C5)ccc4C3)sc2n1. The third-order valence-electron chi connectivity index (χ3n) is 6.96. The Labute approximate surface area is 191 Å². The zero-order chi connectivity index (χ0) is 21.8. The molecule has 32 heavy (non-hydrogen) atoms. The van der Waals surface area contributed by atoms with Crippen LogP contribution in [0.15, 0.2) is 30.3 Å². The number of aromatic nitrogens is 1. The van der Waals surface area contributed by atoms with Crippen LogP contribution in [-0.2, 0) is 6.42 Å². The molecule has 3 atom stereocenters. The van der Waals surface area contributed by atoms with E-state index in [0.29, 0.717) is 23.2 Å². The number of nitrogen functional groups attached to an aromatic ring is 1. The minimum atomic E-state index is -0.159. The van der Waals surface area contributed by atoms with Crippen molar-refractivity contribution in [2.75, 3.05) is 36.9 Å². The molecule has 1 aromatic carbocycles. The van der Waals surface area contributed by atoms with E-state index in [1.54, 1.807) is 0 Å². The van der Waals surface area contributed by atoms with E-state index in [1.165, 1.54) is 23.4 Å². The number of anilines is 2. The van der Waals surface area contributed by atoms with Gasteiger partial charge in [0.2, 0.25) is 0 Å². The summed E-state index contributed by atoms with van der Waals surface area (Å²) in [5, 5.41) is 7.55. The molecular formula is C24H27N5O2S. The van der Waals surface area contributed by atoms with Crippen LogP contribution in [0.4, 0.5) is 11.4 Å². The molecule has 0 bridgehead atoms. The molecule has 0 radical (unpaired) electrons. The number of thiophene rings is 1. The maximum Gasteiger partial charge on any atom is 0.263 e. The van der Waals surface area contributed by atoms with Crippen LogP contribution in [0.2, 0.25) is 0 Å². The number of amides is 1. The Morgan fingerprint density at radius 1 is 1.31 bits per heavy atom. The summed E-state index contributed by atoms with van der Waals surface area (Å²) in [6.07, 6.45) is 2.01. The molecule has 4 N–H and O–H groups in total. The number of pyridine rings is 1. The minimum Gasteiger partial charge on any atom is -0.491 e. The van der Waals surface area contributed by atoms with Gasteiger partial charge in [0, 0.05) is 42.0 Å². The second kappa shape index (κ2) is 7.64. The van der Waals surface area contributed by atoms with Crippen molar-refractivity contribution in [2.24, 2.45) is 5.92 Å². The van der Waals surface area contributed by atoms with Gasteiger partial charge in [0.25, 0.3) is 5.91 Å². The van der Waals surface area contributed by atoms with Gasteiger partial charge in [-0.25, -0.2) is 4.98 Å². The van der Waals surface area contributed by atoms with Crippen LogP contribution < -0.4 is 26.0 Å². The van der Waals surface area contributed by atoms with Gasteiger partial charge in [0.1, 0.15) is 22.1 Å². The lowest BCUT2D eigenvalue weighted by Gasteiger charge is -2.28. The smallest absolute Gasteiger partial charge is 0.263 e. The monoisotopic (exact) mass is 449 g/mol. The number of hydrogen-bond acceptors (Lipinski definition) is 7. The second-order valence-corrected chi connectivity index (χ2v) is 10.1. The van der Waals surface area contributed by atoms with Gasteiger partial charge in [-0.3, -0.25) is 4.79 Å². The van der Waals surface area contributed by atoms with Gasteiger partial charge < -0.3 is 26.0 Å². The number of fused-ring (bicyclic) bond motifs is 3. The van der Waals surface area contributed by atoms with Crippen LogP contribution in [0.5, 0.6) is 5.75 Å². The fourth-order valence-corrected chi connectivity index (χ4v) is 6.26. The largest absolute Gasteiger partial charge is 0.491 e. The molecule has 0 aliphatic carbocycles. The molecule has 3 aliphatic heterocycles. The Morgan fingerprint density at radius 2 is 2.22 bits per heavy atom. The fraction of sp³-hybridized carbons (Fsp3) is 0.417. The number of nitrogens with zero attached hydrogens (tertiary/aromatic N) is 2. The van der Waals surface area contributed by atoms with Gasteiger partial charge in [0.15, 0.2) is 0 Å². The number of ether oxygens (including phenoxy) is 1. The van der Waals surface area contributed by atoms with E-state index < -0.39 is 0 Å². The zero-order valence-electron chi connectivity index (χ0n) is 18.1. The standard InChI is InChI=1S/C24H27N5O2S/c1-13-2-5-18-21(25)22(32-24(18)27-13)23(30)28-16-8-14-3-4-17(9-20(14)31-12-16)29-10-15-6-7-26-19(15)11-29/h2-5,9,15-16,19,26H,6-8,10-12,25H2,1H3,(H,28,30)/t15-,16+,19+/m0/s1. The molecule has 0 saturated carbocycles. The zero-order valence-corrected chi connectivity index (χ0v) is 18.9. The molecule has 3 aliphatic rings. The first-order valence-corrected chi connectivity index (χ1v) is 12.1. The van der Waals surface area contributed by atoms with Crippen molar-refractivity contribution in [3.63, 3.8) is 0 Å². The third-order valence-corrected chi connectivity index (χ3v) is 8.07. The number of nitrogens with two attached hydrogens (primary N) is 1. The first-order valence-electron chi connectivity index (χ1n) is 11.3. The average Bonchev–Trinajstić information content (AvgIpc) is 3.47. The quantitative estimate of drug-likeness (QED) is 0.569. The van der Waals surface area contributed by atoms with E-state index in [4.69, 9.17) is 10.5 Å². The predicted molar refractivity (Wildman–Crippen MR) is 128 cm³/mol. The molecule has 0 unspecified atom stereocenters. The van der Waals surface area contributed by atoms with Crippen molar-refractivity contribution < 1.29 is 9.53 Å². The summed E-state index contributed by atoms with van der Waals surface area (Å²) >= 11 is 1.34. The molecule has 2 saturated heterocycles. The predicted octanol–water partition coefficient (Wildman–Crippen LogP) is 2.72. The van der Waals surface area contributed by atoms with E-state index in [0.717, 1.165) is 59.2 Å². The molecule has 7 nitrogen and oxygen atoms in total. The molecule has 5 heterocycles. The Hall–Kier alpha value is -2.84. The number of hydrogen-bond donors (Lipinski definition) is 3. The lowest BCUT2D eigenvalue weighted by molar-refractivity contribution is 0.0920. The topological polar surface area (TPSA) is 92.5 Å². The van der Waals surface area contributed by atoms with Crippen molar-refractivity contribution in [2.45, 2.75) is 31.8 Å². The molecular weight excluding hydrogens is 422 g/mol. The van der Waals surface area contributed by atoms with E-state index in [-0.39, 0.29) is 11.9 Å². The molecule has 8 heteroatoms. The first kappa shape index (κ1) is 19.8. The summed E-state index contributed by atoms with van der Waals surface area (Å²) in [6, 6.07) is 10.9. The highest BCUT2D eigenvalue weighted by molar-refractivity contribution is 7.21.